The Kier molecular flexibility index (Phi) is 2.95. The SMILES string of the molecule is NCCc1nnc(/C=C/C23CC4CC(CC(C4)C2)C3)o1. The Morgan fingerprint density at radius 1 is 1.10 bits per heavy atom. The first-order valence-electron chi connectivity index (χ1n) is 7.96. The third-order valence-corrected chi connectivity index (χ3v) is 5.51. The van der Waals surface area contributed by atoms with E-state index < -0.39 is 0 Å². The van der Waals surface area contributed by atoms with Gasteiger partial charge in [-0.1, -0.05) is 6.08 Å². The van der Waals surface area contributed by atoms with Crippen LogP contribution in [0.1, 0.15) is 50.3 Å². The second kappa shape index (κ2) is 4.69. The van der Waals surface area contributed by atoms with Crippen LogP contribution in [0.3, 0.4) is 0 Å². The zero-order valence-electron chi connectivity index (χ0n) is 11.9. The normalized spacial score (nSPS) is 39.0. The van der Waals surface area contributed by atoms with E-state index in [2.05, 4.69) is 22.3 Å². The molecule has 4 aliphatic carbocycles. The van der Waals surface area contributed by atoms with Gasteiger partial charge in [-0.3, -0.25) is 0 Å². The maximum absolute atomic E-state index is 5.60. The summed E-state index contributed by atoms with van der Waals surface area (Å²) in [5, 5.41) is 8.12. The summed E-state index contributed by atoms with van der Waals surface area (Å²) < 4.78 is 5.60. The average Bonchev–Trinajstić information content (AvgIpc) is 2.83. The predicted octanol–water partition coefficient (Wildman–Crippen LogP) is 2.80. The first-order chi connectivity index (χ1) is 9.75. The van der Waals surface area contributed by atoms with Crippen LogP contribution in [-0.2, 0) is 6.42 Å². The molecule has 4 fully saturated rings. The Balaban J connectivity index is 1.51. The van der Waals surface area contributed by atoms with Gasteiger partial charge in [0.1, 0.15) is 0 Å². The van der Waals surface area contributed by atoms with Gasteiger partial charge < -0.3 is 10.2 Å². The molecule has 4 aliphatic rings. The zero-order chi connectivity index (χ0) is 13.6. The molecule has 0 aromatic carbocycles. The van der Waals surface area contributed by atoms with Gasteiger partial charge in [0.15, 0.2) is 0 Å². The molecule has 0 saturated heterocycles. The lowest BCUT2D eigenvalue weighted by atomic mass is 9.49. The molecule has 20 heavy (non-hydrogen) atoms. The minimum atomic E-state index is 0.428. The van der Waals surface area contributed by atoms with Gasteiger partial charge in [0.25, 0.3) is 0 Å². The van der Waals surface area contributed by atoms with Crippen molar-refractivity contribution >= 4 is 6.08 Å². The van der Waals surface area contributed by atoms with Crippen molar-refractivity contribution in [1.29, 1.82) is 0 Å². The quantitative estimate of drug-likeness (QED) is 0.916. The summed E-state index contributed by atoms with van der Waals surface area (Å²) in [4.78, 5) is 0. The molecule has 1 heterocycles. The van der Waals surface area contributed by atoms with Gasteiger partial charge in [-0.25, -0.2) is 0 Å². The minimum absolute atomic E-state index is 0.428. The van der Waals surface area contributed by atoms with E-state index in [0.717, 1.165) is 17.8 Å². The second-order valence-electron chi connectivity index (χ2n) is 7.19. The Morgan fingerprint density at radius 3 is 2.35 bits per heavy atom. The topological polar surface area (TPSA) is 64.9 Å². The van der Waals surface area contributed by atoms with Crippen molar-refractivity contribution in [3.8, 4) is 0 Å². The summed E-state index contributed by atoms with van der Waals surface area (Å²) in [5.41, 5.74) is 5.93. The van der Waals surface area contributed by atoms with Crippen molar-refractivity contribution in [3.63, 3.8) is 0 Å². The van der Waals surface area contributed by atoms with E-state index >= 15 is 0 Å². The summed E-state index contributed by atoms with van der Waals surface area (Å²) in [6.45, 7) is 0.556. The van der Waals surface area contributed by atoms with E-state index in [1.165, 1.54) is 38.5 Å². The zero-order valence-corrected chi connectivity index (χ0v) is 11.9. The van der Waals surface area contributed by atoms with E-state index in [1.54, 1.807) is 0 Å². The Hall–Kier alpha value is -1.16. The lowest BCUT2D eigenvalue weighted by molar-refractivity contribution is -0.0233. The lowest BCUT2D eigenvalue weighted by Crippen LogP contribution is -2.44. The summed E-state index contributed by atoms with van der Waals surface area (Å²) in [6, 6.07) is 0. The van der Waals surface area contributed by atoms with Crippen LogP contribution in [0.2, 0.25) is 0 Å². The first kappa shape index (κ1) is 12.6. The monoisotopic (exact) mass is 273 g/mol. The van der Waals surface area contributed by atoms with Crippen LogP contribution in [0.15, 0.2) is 10.5 Å². The van der Waals surface area contributed by atoms with E-state index in [1.807, 2.05) is 0 Å². The maximum Gasteiger partial charge on any atom is 0.240 e. The van der Waals surface area contributed by atoms with Gasteiger partial charge in [0, 0.05) is 13.0 Å². The Morgan fingerprint density at radius 2 is 1.75 bits per heavy atom. The van der Waals surface area contributed by atoms with Gasteiger partial charge in [0.05, 0.1) is 0 Å². The average molecular weight is 273 g/mol. The molecule has 4 nitrogen and oxygen atoms in total. The molecule has 1 aromatic rings. The maximum atomic E-state index is 5.60. The number of nitrogens with two attached hydrogens (primary N) is 1. The van der Waals surface area contributed by atoms with Crippen molar-refractivity contribution in [2.24, 2.45) is 28.9 Å². The number of rotatable bonds is 4. The van der Waals surface area contributed by atoms with Gasteiger partial charge in [-0.15, -0.1) is 10.2 Å². The van der Waals surface area contributed by atoms with E-state index in [9.17, 15) is 0 Å². The fraction of sp³-hybridized carbons (Fsp3) is 0.750. The van der Waals surface area contributed by atoms with Crippen LogP contribution in [0.4, 0.5) is 0 Å². The van der Waals surface area contributed by atoms with E-state index in [0.29, 0.717) is 30.2 Å². The molecular formula is C16H23N3O. The van der Waals surface area contributed by atoms with Crippen LogP contribution in [-0.4, -0.2) is 16.7 Å². The molecule has 0 radical (unpaired) electrons. The van der Waals surface area contributed by atoms with Crippen molar-refractivity contribution in [2.75, 3.05) is 6.54 Å². The van der Waals surface area contributed by atoms with E-state index in [4.69, 9.17) is 10.2 Å². The molecule has 0 unspecified atom stereocenters. The standard InChI is InChI=1S/C16H23N3O/c17-4-2-15-19-18-14(20-15)1-3-16-8-11-5-12(9-16)7-13(6-11)10-16/h1,3,11-13H,2,4-10,17H2/b3-1+. The summed E-state index contributed by atoms with van der Waals surface area (Å²) >= 11 is 0. The number of hydrogen-bond acceptors (Lipinski definition) is 4. The fourth-order valence-corrected chi connectivity index (χ4v) is 5.19. The molecule has 4 heteroatoms. The predicted molar refractivity (Wildman–Crippen MR) is 76.7 cm³/mol. The van der Waals surface area contributed by atoms with Crippen molar-refractivity contribution in [2.45, 2.75) is 44.9 Å². The summed E-state index contributed by atoms with van der Waals surface area (Å²) in [7, 11) is 0. The number of nitrogens with zero attached hydrogens (tertiary/aromatic N) is 2. The molecular weight excluding hydrogens is 250 g/mol. The number of aromatic nitrogens is 2. The number of allylic oxidation sites excluding steroid dienone is 1. The smallest absolute Gasteiger partial charge is 0.240 e. The van der Waals surface area contributed by atoms with Crippen molar-refractivity contribution < 1.29 is 4.42 Å². The highest BCUT2D eigenvalue weighted by Gasteiger charge is 2.49. The van der Waals surface area contributed by atoms with E-state index in [-0.39, 0.29) is 0 Å². The molecule has 0 aliphatic heterocycles. The minimum Gasteiger partial charge on any atom is -0.421 e. The largest absolute Gasteiger partial charge is 0.421 e. The lowest BCUT2D eigenvalue weighted by Gasteiger charge is -2.55. The van der Waals surface area contributed by atoms with Gasteiger partial charge in [-0.2, -0.15) is 0 Å². The highest BCUT2D eigenvalue weighted by molar-refractivity contribution is 5.39. The Labute approximate surface area is 119 Å². The first-order valence-corrected chi connectivity index (χ1v) is 7.96. The summed E-state index contributed by atoms with van der Waals surface area (Å²) in [5.74, 6) is 4.21. The molecule has 0 spiro atoms. The number of hydrogen-bond donors (Lipinski definition) is 1. The second-order valence-corrected chi connectivity index (χ2v) is 7.19. The summed E-state index contributed by atoms with van der Waals surface area (Å²) in [6.07, 6.45) is 13.7. The van der Waals surface area contributed by atoms with Crippen LogP contribution in [0.5, 0.6) is 0 Å². The van der Waals surface area contributed by atoms with Gasteiger partial charge in [0.2, 0.25) is 11.8 Å². The molecule has 108 valence electrons. The van der Waals surface area contributed by atoms with Crippen LogP contribution < -0.4 is 5.73 Å². The van der Waals surface area contributed by atoms with Gasteiger partial charge in [-0.05, 0) is 67.8 Å². The molecule has 0 amide bonds. The molecule has 4 bridgehead atoms. The molecule has 4 saturated carbocycles. The highest BCUT2D eigenvalue weighted by atomic mass is 16.4. The third-order valence-electron chi connectivity index (χ3n) is 5.51. The molecule has 0 atom stereocenters. The van der Waals surface area contributed by atoms with Crippen LogP contribution in [0, 0.1) is 23.2 Å². The fourth-order valence-electron chi connectivity index (χ4n) is 5.19. The van der Waals surface area contributed by atoms with Crippen molar-refractivity contribution in [3.05, 3.63) is 17.9 Å². The Bertz CT molecular complexity index is 484. The molecule has 2 N–H and O–H groups in total. The van der Waals surface area contributed by atoms with Crippen molar-refractivity contribution in [1.82, 2.24) is 10.2 Å². The molecule has 1 aromatic heterocycles. The molecule has 5 rings (SSSR count). The highest BCUT2D eigenvalue weighted by Crippen LogP contribution is 2.60. The van der Waals surface area contributed by atoms with Crippen LogP contribution >= 0.6 is 0 Å². The van der Waals surface area contributed by atoms with Crippen LogP contribution in [0.25, 0.3) is 6.08 Å². The third kappa shape index (κ3) is 2.20. The van der Waals surface area contributed by atoms with Gasteiger partial charge >= 0.3 is 0 Å².